The summed E-state index contributed by atoms with van der Waals surface area (Å²) in [5.74, 6) is 0.0235. The van der Waals surface area contributed by atoms with E-state index in [0.717, 1.165) is 40.1 Å². The van der Waals surface area contributed by atoms with Gasteiger partial charge in [-0.25, -0.2) is 4.98 Å². The Morgan fingerprint density at radius 2 is 2.04 bits per heavy atom. The molecule has 2 aromatic carbocycles. The summed E-state index contributed by atoms with van der Waals surface area (Å²) in [4.78, 5) is 19.4. The van der Waals surface area contributed by atoms with Crippen LogP contribution < -0.4 is 5.32 Å². The standard InChI is InChI=1S/C19H18BrN3OS/c20-13-7-9-14(10-8-13)21-18(24)12-23-11-3-5-16(23)19-22-15-4-1-2-6-17(15)25-19/h1-2,4,6-10,16H,3,5,11-12H2,(H,21,24). The molecule has 6 heteroatoms. The SMILES string of the molecule is O=C(CN1CCCC1c1nc2ccccc2s1)Nc1ccc(Br)cc1. The number of aromatic nitrogens is 1. The van der Waals surface area contributed by atoms with Gasteiger partial charge in [0.15, 0.2) is 0 Å². The number of benzene rings is 2. The average molecular weight is 416 g/mol. The molecule has 1 aromatic heterocycles. The van der Waals surface area contributed by atoms with Crippen molar-refractivity contribution in [1.29, 1.82) is 0 Å². The van der Waals surface area contributed by atoms with Crippen molar-refractivity contribution in [3.63, 3.8) is 0 Å². The van der Waals surface area contributed by atoms with Crippen molar-refractivity contribution in [3.8, 4) is 0 Å². The number of hydrogen-bond donors (Lipinski definition) is 1. The van der Waals surface area contributed by atoms with E-state index in [-0.39, 0.29) is 11.9 Å². The van der Waals surface area contributed by atoms with E-state index in [1.165, 1.54) is 4.70 Å². The van der Waals surface area contributed by atoms with E-state index >= 15 is 0 Å². The molecule has 1 unspecified atom stereocenters. The van der Waals surface area contributed by atoms with Crippen LogP contribution in [0.2, 0.25) is 0 Å². The Morgan fingerprint density at radius 1 is 1.24 bits per heavy atom. The Morgan fingerprint density at radius 3 is 2.84 bits per heavy atom. The molecule has 1 saturated heterocycles. The molecule has 4 rings (SSSR count). The summed E-state index contributed by atoms with van der Waals surface area (Å²) < 4.78 is 2.21. The van der Waals surface area contributed by atoms with Crippen molar-refractivity contribution in [2.24, 2.45) is 0 Å². The lowest BCUT2D eigenvalue weighted by molar-refractivity contribution is -0.117. The van der Waals surface area contributed by atoms with Crippen molar-refractivity contribution >= 4 is 49.1 Å². The molecule has 1 amide bonds. The minimum atomic E-state index is 0.0235. The number of nitrogens with zero attached hydrogens (tertiary/aromatic N) is 2. The summed E-state index contributed by atoms with van der Waals surface area (Å²) in [5, 5.41) is 4.10. The normalized spacial score (nSPS) is 17.9. The molecule has 2 heterocycles. The number of carbonyl (C=O) groups is 1. The maximum absolute atomic E-state index is 12.4. The lowest BCUT2D eigenvalue weighted by atomic mass is 10.2. The van der Waals surface area contributed by atoms with E-state index in [9.17, 15) is 4.79 Å². The van der Waals surface area contributed by atoms with Gasteiger partial charge in [-0.3, -0.25) is 9.69 Å². The van der Waals surface area contributed by atoms with Crippen molar-refractivity contribution in [1.82, 2.24) is 9.88 Å². The maximum atomic E-state index is 12.4. The zero-order chi connectivity index (χ0) is 17.2. The minimum Gasteiger partial charge on any atom is -0.325 e. The first kappa shape index (κ1) is 16.7. The van der Waals surface area contributed by atoms with E-state index < -0.39 is 0 Å². The minimum absolute atomic E-state index is 0.0235. The number of fused-ring (bicyclic) bond motifs is 1. The molecule has 1 atom stereocenters. The summed E-state index contributed by atoms with van der Waals surface area (Å²) in [6.45, 7) is 1.34. The fourth-order valence-electron chi connectivity index (χ4n) is 3.25. The second kappa shape index (κ2) is 7.23. The van der Waals surface area contributed by atoms with Crippen LogP contribution in [0.15, 0.2) is 53.0 Å². The van der Waals surface area contributed by atoms with Crippen molar-refractivity contribution in [2.45, 2.75) is 18.9 Å². The molecular weight excluding hydrogens is 398 g/mol. The number of para-hydroxylation sites is 1. The van der Waals surface area contributed by atoms with Crippen LogP contribution in [0.3, 0.4) is 0 Å². The molecule has 0 saturated carbocycles. The van der Waals surface area contributed by atoms with Crippen LogP contribution in [-0.4, -0.2) is 28.9 Å². The fraction of sp³-hybridized carbons (Fsp3) is 0.263. The second-order valence-electron chi connectivity index (χ2n) is 6.20. The van der Waals surface area contributed by atoms with Gasteiger partial charge in [-0.1, -0.05) is 28.1 Å². The molecule has 128 valence electrons. The molecule has 0 radical (unpaired) electrons. The van der Waals surface area contributed by atoms with Gasteiger partial charge in [0.1, 0.15) is 5.01 Å². The molecule has 1 aliphatic heterocycles. The van der Waals surface area contributed by atoms with Gasteiger partial charge in [0.05, 0.1) is 22.8 Å². The molecule has 0 bridgehead atoms. The highest BCUT2D eigenvalue weighted by molar-refractivity contribution is 9.10. The number of anilines is 1. The van der Waals surface area contributed by atoms with Crippen LogP contribution >= 0.6 is 27.3 Å². The molecule has 0 spiro atoms. The topological polar surface area (TPSA) is 45.2 Å². The molecular formula is C19H18BrN3OS. The molecule has 0 aliphatic carbocycles. The van der Waals surface area contributed by atoms with Crippen LogP contribution in [0.4, 0.5) is 5.69 Å². The number of nitrogens with one attached hydrogen (secondary N) is 1. The highest BCUT2D eigenvalue weighted by atomic mass is 79.9. The van der Waals surface area contributed by atoms with Gasteiger partial charge in [0.2, 0.25) is 5.91 Å². The van der Waals surface area contributed by atoms with Crippen LogP contribution in [0.1, 0.15) is 23.9 Å². The number of amides is 1. The molecule has 25 heavy (non-hydrogen) atoms. The van der Waals surface area contributed by atoms with Crippen molar-refractivity contribution in [2.75, 3.05) is 18.4 Å². The number of carbonyl (C=O) groups excluding carboxylic acids is 1. The van der Waals surface area contributed by atoms with Gasteiger partial charge >= 0.3 is 0 Å². The highest BCUT2D eigenvalue weighted by Crippen LogP contribution is 2.36. The van der Waals surface area contributed by atoms with E-state index in [0.29, 0.717) is 6.54 Å². The number of rotatable bonds is 4. The number of likely N-dealkylation sites (tertiary alicyclic amines) is 1. The first-order valence-electron chi connectivity index (χ1n) is 8.34. The van der Waals surface area contributed by atoms with E-state index in [1.54, 1.807) is 11.3 Å². The average Bonchev–Trinajstić information content (AvgIpc) is 3.22. The van der Waals surface area contributed by atoms with Gasteiger partial charge in [-0.2, -0.15) is 0 Å². The van der Waals surface area contributed by atoms with E-state index in [1.807, 2.05) is 36.4 Å². The van der Waals surface area contributed by atoms with Crippen LogP contribution in [0.5, 0.6) is 0 Å². The largest absolute Gasteiger partial charge is 0.325 e. The maximum Gasteiger partial charge on any atom is 0.238 e. The third-order valence-electron chi connectivity index (χ3n) is 4.43. The summed E-state index contributed by atoms with van der Waals surface area (Å²) in [6, 6.07) is 16.1. The Hall–Kier alpha value is -1.76. The Bertz CT molecular complexity index is 860. The third kappa shape index (κ3) is 3.76. The smallest absolute Gasteiger partial charge is 0.238 e. The van der Waals surface area contributed by atoms with Crippen molar-refractivity contribution in [3.05, 3.63) is 58.0 Å². The zero-order valence-corrected chi connectivity index (χ0v) is 16.0. The Labute approximate surface area is 159 Å². The van der Waals surface area contributed by atoms with Crippen LogP contribution in [0, 0.1) is 0 Å². The van der Waals surface area contributed by atoms with E-state index in [2.05, 4.69) is 38.3 Å². The lowest BCUT2D eigenvalue weighted by Gasteiger charge is -2.22. The number of thiazole rings is 1. The number of halogens is 1. The fourth-order valence-corrected chi connectivity index (χ4v) is 4.65. The summed E-state index contributed by atoms with van der Waals surface area (Å²) >= 11 is 5.15. The zero-order valence-electron chi connectivity index (χ0n) is 13.6. The third-order valence-corrected chi connectivity index (χ3v) is 6.10. The molecule has 1 N–H and O–H groups in total. The summed E-state index contributed by atoms with van der Waals surface area (Å²) in [5.41, 5.74) is 1.87. The monoisotopic (exact) mass is 415 g/mol. The van der Waals surface area contributed by atoms with Gasteiger partial charge < -0.3 is 5.32 Å². The van der Waals surface area contributed by atoms with E-state index in [4.69, 9.17) is 4.98 Å². The van der Waals surface area contributed by atoms with Crippen molar-refractivity contribution < 1.29 is 4.79 Å². The Balaban J connectivity index is 1.45. The summed E-state index contributed by atoms with van der Waals surface area (Å²) in [7, 11) is 0. The molecule has 4 nitrogen and oxygen atoms in total. The quantitative estimate of drug-likeness (QED) is 0.663. The number of hydrogen-bond acceptors (Lipinski definition) is 4. The predicted molar refractivity (Wildman–Crippen MR) is 106 cm³/mol. The molecule has 3 aromatic rings. The summed E-state index contributed by atoms with van der Waals surface area (Å²) in [6.07, 6.45) is 2.16. The van der Waals surface area contributed by atoms with Gasteiger partial charge in [0, 0.05) is 10.2 Å². The van der Waals surface area contributed by atoms with Crippen LogP contribution in [-0.2, 0) is 4.79 Å². The lowest BCUT2D eigenvalue weighted by Crippen LogP contribution is -2.32. The van der Waals surface area contributed by atoms with Gasteiger partial charge in [-0.15, -0.1) is 11.3 Å². The first-order valence-corrected chi connectivity index (χ1v) is 9.95. The van der Waals surface area contributed by atoms with Gasteiger partial charge in [0.25, 0.3) is 0 Å². The Kier molecular flexibility index (Phi) is 4.83. The highest BCUT2D eigenvalue weighted by Gasteiger charge is 2.30. The van der Waals surface area contributed by atoms with Crippen LogP contribution in [0.25, 0.3) is 10.2 Å². The second-order valence-corrected chi connectivity index (χ2v) is 8.18. The first-order chi connectivity index (χ1) is 12.2. The molecule has 1 fully saturated rings. The molecule has 1 aliphatic rings. The predicted octanol–water partition coefficient (Wildman–Crippen LogP) is 4.83. The van der Waals surface area contributed by atoms with Gasteiger partial charge in [-0.05, 0) is 55.8 Å².